The van der Waals surface area contributed by atoms with Crippen molar-refractivity contribution in [2.45, 2.75) is 17.3 Å². The number of para-hydroxylation sites is 1. The lowest BCUT2D eigenvalue weighted by Gasteiger charge is -2.17. The minimum atomic E-state index is -0.635. The van der Waals surface area contributed by atoms with E-state index in [-0.39, 0.29) is 16.5 Å². The molecule has 0 aliphatic carbocycles. The molecule has 0 saturated heterocycles. The third-order valence-electron chi connectivity index (χ3n) is 4.92. The lowest BCUT2D eigenvalue weighted by atomic mass is 10.2. The van der Waals surface area contributed by atoms with E-state index < -0.39 is 11.1 Å². The number of fused-ring (bicyclic) bond motifs is 1. The van der Waals surface area contributed by atoms with Crippen LogP contribution in [0.4, 0.5) is 10.1 Å². The molecule has 6 nitrogen and oxygen atoms in total. The highest BCUT2D eigenvalue weighted by molar-refractivity contribution is 8.00. The van der Waals surface area contributed by atoms with E-state index in [4.69, 9.17) is 16.3 Å². The molecule has 1 atom stereocenters. The van der Waals surface area contributed by atoms with Crippen LogP contribution in [0.5, 0.6) is 5.75 Å². The van der Waals surface area contributed by atoms with Gasteiger partial charge < -0.3 is 10.1 Å². The summed E-state index contributed by atoms with van der Waals surface area (Å²) in [6.45, 7) is 1.69. The van der Waals surface area contributed by atoms with Crippen molar-refractivity contribution in [1.82, 2.24) is 9.55 Å². The standard InChI is InChI=1S/C24H19ClFN3O3S/c1-14(22(30)27-21-12-7-15(26)13-19(21)25)33-24-28-20-6-4-3-5-18(20)23(31)29(24)16-8-10-17(32-2)11-9-16/h3-14H,1-2H3,(H,27,30). The predicted octanol–water partition coefficient (Wildman–Crippen LogP) is 5.31. The quantitative estimate of drug-likeness (QED) is 0.297. The van der Waals surface area contributed by atoms with E-state index in [9.17, 15) is 14.0 Å². The number of rotatable bonds is 6. The van der Waals surface area contributed by atoms with E-state index in [2.05, 4.69) is 10.3 Å². The Morgan fingerprint density at radius 1 is 1.15 bits per heavy atom. The first-order valence-electron chi connectivity index (χ1n) is 9.96. The summed E-state index contributed by atoms with van der Waals surface area (Å²) >= 11 is 7.16. The summed E-state index contributed by atoms with van der Waals surface area (Å²) in [5.74, 6) is -0.208. The van der Waals surface area contributed by atoms with Crippen LogP contribution in [0.1, 0.15) is 6.92 Å². The fraction of sp³-hybridized carbons (Fsp3) is 0.125. The van der Waals surface area contributed by atoms with Crippen LogP contribution in [-0.4, -0.2) is 27.8 Å². The third-order valence-corrected chi connectivity index (χ3v) is 6.28. The molecule has 0 saturated carbocycles. The number of anilines is 1. The second kappa shape index (κ2) is 9.64. The van der Waals surface area contributed by atoms with E-state index in [0.29, 0.717) is 33.2 Å². The van der Waals surface area contributed by atoms with Gasteiger partial charge in [0.25, 0.3) is 5.56 Å². The number of hydrogen-bond acceptors (Lipinski definition) is 5. The number of carbonyl (C=O) groups excluding carboxylic acids is 1. The van der Waals surface area contributed by atoms with Gasteiger partial charge in [0.1, 0.15) is 11.6 Å². The van der Waals surface area contributed by atoms with Gasteiger partial charge in [-0.25, -0.2) is 9.37 Å². The van der Waals surface area contributed by atoms with Crippen molar-refractivity contribution in [3.05, 3.63) is 87.9 Å². The molecule has 3 aromatic carbocycles. The molecule has 0 radical (unpaired) electrons. The molecule has 168 valence electrons. The molecule has 4 aromatic rings. The van der Waals surface area contributed by atoms with Crippen molar-refractivity contribution in [1.29, 1.82) is 0 Å². The van der Waals surface area contributed by atoms with Gasteiger partial charge in [-0.05, 0) is 61.5 Å². The van der Waals surface area contributed by atoms with Crippen LogP contribution in [0.3, 0.4) is 0 Å². The summed E-state index contributed by atoms with van der Waals surface area (Å²) in [7, 11) is 1.56. The number of methoxy groups -OCH3 is 1. The molecule has 33 heavy (non-hydrogen) atoms. The Kier molecular flexibility index (Phi) is 6.67. The molecule has 1 N–H and O–H groups in total. The van der Waals surface area contributed by atoms with Crippen LogP contribution in [0.15, 0.2) is 76.7 Å². The fourth-order valence-electron chi connectivity index (χ4n) is 3.19. The monoisotopic (exact) mass is 483 g/mol. The Morgan fingerprint density at radius 3 is 2.58 bits per heavy atom. The first kappa shape index (κ1) is 22.8. The summed E-state index contributed by atoms with van der Waals surface area (Å²) in [5, 5.41) is 2.98. The predicted molar refractivity (Wildman–Crippen MR) is 129 cm³/mol. The van der Waals surface area contributed by atoms with Crippen LogP contribution in [0.2, 0.25) is 5.02 Å². The average Bonchev–Trinajstić information content (AvgIpc) is 2.81. The van der Waals surface area contributed by atoms with Crippen LogP contribution in [-0.2, 0) is 4.79 Å². The Bertz CT molecular complexity index is 1390. The highest BCUT2D eigenvalue weighted by Gasteiger charge is 2.21. The molecule has 0 bridgehead atoms. The van der Waals surface area contributed by atoms with E-state index >= 15 is 0 Å². The van der Waals surface area contributed by atoms with Crippen LogP contribution in [0.25, 0.3) is 16.6 Å². The normalized spacial score (nSPS) is 11.9. The second-order valence-electron chi connectivity index (χ2n) is 7.12. The molecular weight excluding hydrogens is 465 g/mol. The lowest BCUT2D eigenvalue weighted by molar-refractivity contribution is -0.115. The minimum Gasteiger partial charge on any atom is -0.497 e. The maximum absolute atomic E-state index is 13.3. The van der Waals surface area contributed by atoms with Crippen molar-refractivity contribution in [2.75, 3.05) is 12.4 Å². The topological polar surface area (TPSA) is 73.2 Å². The summed E-state index contributed by atoms with van der Waals surface area (Å²) in [6, 6.07) is 17.8. The summed E-state index contributed by atoms with van der Waals surface area (Å²) in [4.78, 5) is 30.8. The number of halogens is 2. The SMILES string of the molecule is COc1ccc(-n2c(SC(C)C(=O)Nc3ccc(F)cc3Cl)nc3ccccc3c2=O)cc1. The number of carbonyl (C=O) groups is 1. The van der Waals surface area contributed by atoms with E-state index in [1.165, 1.54) is 16.7 Å². The highest BCUT2D eigenvalue weighted by atomic mass is 35.5. The number of benzene rings is 3. The molecule has 0 aliphatic heterocycles. The Labute approximate surface area is 198 Å². The van der Waals surface area contributed by atoms with Gasteiger partial charge in [-0.3, -0.25) is 14.2 Å². The number of nitrogens with zero attached hydrogens (tertiary/aromatic N) is 2. The first-order chi connectivity index (χ1) is 15.9. The molecule has 0 spiro atoms. The molecule has 0 aliphatic rings. The minimum absolute atomic E-state index is 0.0968. The number of ether oxygens (including phenoxy) is 1. The molecule has 1 heterocycles. The van der Waals surface area contributed by atoms with Crippen molar-refractivity contribution < 1.29 is 13.9 Å². The molecule has 1 unspecified atom stereocenters. The van der Waals surface area contributed by atoms with Crippen molar-refractivity contribution in [3.63, 3.8) is 0 Å². The number of nitrogens with one attached hydrogen (secondary N) is 1. The van der Waals surface area contributed by atoms with Gasteiger partial charge in [0.15, 0.2) is 5.16 Å². The van der Waals surface area contributed by atoms with Gasteiger partial charge in [-0.1, -0.05) is 35.5 Å². The second-order valence-corrected chi connectivity index (χ2v) is 8.84. The maximum atomic E-state index is 13.3. The maximum Gasteiger partial charge on any atom is 0.266 e. The molecule has 9 heteroatoms. The van der Waals surface area contributed by atoms with Crippen LogP contribution >= 0.6 is 23.4 Å². The Balaban J connectivity index is 1.71. The highest BCUT2D eigenvalue weighted by Crippen LogP contribution is 2.28. The van der Waals surface area contributed by atoms with E-state index in [0.717, 1.165) is 17.8 Å². The van der Waals surface area contributed by atoms with Gasteiger partial charge in [0.05, 0.1) is 39.7 Å². The summed E-state index contributed by atoms with van der Waals surface area (Å²) < 4.78 is 20.0. The zero-order chi connectivity index (χ0) is 23.5. The number of hydrogen-bond donors (Lipinski definition) is 1. The number of amides is 1. The van der Waals surface area contributed by atoms with Gasteiger partial charge >= 0.3 is 0 Å². The van der Waals surface area contributed by atoms with Crippen molar-refractivity contribution >= 4 is 45.9 Å². The van der Waals surface area contributed by atoms with E-state index in [1.807, 2.05) is 0 Å². The van der Waals surface area contributed by atoms with Crippen molar-refractivity contribution in [2.24, 2.45) is 0 Å². The molecule has 0 fully saturated rings. The first-order valence-corrected chi connectivity index (χ1v) is 11.2. The van der Waals surface area contributed by atoms with E-state index in [1.54, 1.807) is 62.6 Å². The van der Waals surface area contributed by atoms with Crippen LogP contribution < -0.4 is 15.6 Å². The summed E-state index contributed by atoms with van der Waals surface area (Å²) in [6.07, 6.45) is 0. The van der Waals surface area contributed by atoms with Gasteiger partial charge in [-0.15, -0.1) is 0 Å². The number of thioether (sulfide) groups is 1. The van der Waals surface area contributed by atoms with Gasteiger partial charge in [0.2, 0.25) is 5.91 Å². The Morgan fingerprint density at radius 2 is 1.88 bits per heavy atom. The fourth-order valence-corrected chi connectivity index (χ4v) is 4.33. The molecular formula is C24H19ClFN3O3S. The smallest absolute Gasteiger partial charge is 0.266 e. The van der Waals surface area contributed by atoms with Gasteiger partial charge in [0, 0.05) is 0 Å². The van der Waals surface area contributed by atoms with Gasteiger partial charge in [-0.2, -0.15) is 0 Å². The zero-order valence-corrected chi connectivity index (χ0v) is 19.3. The number of aromatic nitrogens is 2. The molecule has 1 aromatic heterocycles. The summed E-state index contributed by atoms with van der Waals surface area (Å²) in [5.41, 5.74) is 1.18. The molecule has 1 amide bonds. The average molecular weight is 484 g/mol. The Hall–Kier alpha value is -3.36. The van der Waals surface area contributed by atoms with Crippen LogP contribution in [0, 0.1) is 5.82 Å². The largest absolute Gasteiger partial charge is 0.497 e. The zero-order valence-electron chi connectivity index (χ0n) is 17.7. The lowest BCUT2D eigenvalue weighted by Crippen LogP contribution is -2.26. The van der Waals surface area contributed by atoms with Crippen molar-refractivity contribution in [3.8, 4) is 11.4 Å². The molecule has 4 rings (SSSR count). The third kappa shape index (κ3) is 4.86.